The van der Waals surface area contributed by atoms with E-state index in [1.165, 1.54) is 11.1 Å². The molecular formula is C17H16ClNO. The number of hydrogen-bond donors (Lipinski definition) is 1. The lowest BCUT2D eigenvalue weighted by Crippen LogP contribution is -2.28. The number of rotatable bonds is 4. The van der Waals surface area contributed by atoms with Crippen LogP contribution in [0, 0.1) is 0 Å². The number of amides is 1. The van der Waals surface area contributed by atoms with Crippen LogP contribution in [0.4, 0.5) is 0 Å². The Balaban J connectivity index is 1.85. The maximum absolute atomic E-state index is 11.6. The van der Waals surface area contributed by atoms with Crippen LogP contribution in [0.25, 0.3) is 0 Å². The molecule has 0 spiro atoms. The summed E-state index contributed by atoms with van der Waals surface area (Å²) in [5, 5.41) is 3.03. The highest BCUT2D eigenvalue weighted by molar-refractivity contribution is 6.27. The number of alkyl halides is 1. The van der Waals surface area contributed by atoms with Crippen LogP contribution in [0.3, 0.4) is 0 Å². The maximum Gasteiger partial charge on any atom is 0.235 e. The number of carbonyl (C=O) groups is 1. The lowest BCUT2D eigenvalue weighted by molar-refractivity contribution is -0.118. The zero-order valence-corrected chi connectivity index (χ0v) is 11.8. The molecule has 1 N–H and O–H groups in total. The fraction of sp³-hybridized carbons (Fsp3) is 0.235. The number of nitrogens with one attached hydrogen (secondary N) is 1. The van der Waals surface area contributed by atoms with Gasteiger partial charge in [-0.25, -0.2) is 0 Å². The summed E-state index contributed by atoms with van der Waals surface area (Å²) in [6.07, 6.45) is 0. The van der Waals surface area contributed by atoms with Gasteiger partial charge in [-0.3, -0.25) is 4.79 Å². The van der Waals surface area contributed by atoms with Crippen LogP contribution in [0.2, 0.25) is 0 Å². The second-order valence-corrected chi connectivity index (χ2v) is 5.37. The summed E-state index contributed by atoms with van der Waals surface area (Å²) in [6, 6.07) is 20.8. The Bertz CT molecular complexity index is 539. The molecule has 1 aliphatic carbocycles. The van der Waals surface area contributed by atoms with Crippen molar-refractivity contribution in [1.82, 2.24) is 5.32 Å². The molecule has 3 heteroatoms. The van der Waals surface area contributed by atoms with Gasteiger partial charge in [0, 0.05) is 17.9 Å². The van der Waals surface area contributed by atoms with E-state index < -0.39 is 0 Å². The molecule has 0 radical (unpaired) electrons. The molecule has 0 aromatic heterocycles. The first-order chi connectivity index (χ1) is 9.81. The van der Waals surface area contributed by atoms with E-state index >= 15 is 0 Å². The SMILES string of the molecule is O=C(CCl)NC1[C@@H](c2ccccc2)[C@H]1c1ccccc1. The number of halogens is 1. The summed E-state index contributed by atoms with van der Waals surface area (Å²) in [5.74, 6) is 0.590. The van der Waals surface area contributed by atoms with Crippen molar-refractivity contribution in [2.24, 2.45) is 0 Å². The molecule has 2 aromatic carbocycles. The molecule has 2 nitrogen and oxygen atoms in total. The highest BCUT2D eigenvalue weighted by Gasteiger charge is 2.52. The standard InChI is InChI=1S/C17H16ClNO/c18-11-14(20)19-17-15(12-7-3-1-4-8-12)16(17)13-9-5-2-6-10-13/h1-10,15-17H,11H2,(H,19,20)/t15-,16+,17?. The van der Waals surface area contributed by atoms with E-state index in [2.05, 4.69) is 29.6 Å². The number of carbonyl (C=O) groups excluding carboxylic acids is 1. The summed E-state index contributed by atoms with van der Waals surface area (Å²) in [6.45, 7) is 0. The molecule has 20 heavy (non-hydrogen) atoms. The number of benzene rings is 2. The van der Waals surface area contributed by atoms with Crippen LogP contribution in [0.15, 0.2) is 60.7 Å². The molecule has 2 aromatic rings. The monoisotopic (exact) mass is 285 g/mol. The third-order valence-electron chi connectivity index (χ3n) is 3.84. The first-order valence-corrected chi connectivity index (χ1v) is 7.30. The predicted octanol–water partition coefficient (Wildman–Crippen LogP) is 3.29. The van der Waals surface area contributed by atoms with Crippen LogP contribution >= 0.6 is 11.6 Å². The van der Waals surface area contributed by atoms with Crippen molar-refractivity contribution < 1.29 is 4.79 Å². The molecule has 102 valence electrons. The van der Waals surface area contributed by atoms with E-state index in [-0.39, 0.29) is 17.8 Å². The van der Waals surface area contributed by atoms with Gasteiger partial charge < -0.3 is 5.32 Å². The molecule has 1 aliphatic rings. The fourth-order valence-corrected chi connectivity index (χ4v) is 2.97. The largest absolute Gasteiger partial charge is 0.351 e. The van der Waals surface area contributed by atoms with Crippen molar-refractivity contribution in [3.05, 3.63) is 71.8 Å². The average molecular weight is 286 g/mol. The third kappa shape index (κ3) is 2.56. The first kappa shape index (κ1) is 13.2. The van der Waals surface area contributed by atoms with Crippen LogP contribution in [0.5, 0.6) is 0 Å². The van der Waals surface area contributed by atoms with Gasteiger partial charge in [0.1, 0.15) is 5.88 Å². The summed E-state index contributed by atoms with van der Waals surface area (Å²) in [7, 11) is 0. The van der Waals surface area contributed by atoms with Gasteiger partial charge in [-0.15, -0.1) is 11.6 Å². The molecule has 1 fully saturated rings. The molecule has 0 bridgehead atoms. The van der Waals surface area contributed by atoms with Gasteiger partial charge in [-0.1, -0.05) is 60.7 Å². The van der Waals surface area contributed by atoms with E-state index in [0.29, 0.717) is 11.8 Å². The highest BCUT2D eigenvalue weighted by Crippen LogP contribution is 2.54. The van der Waals surface area contributed by atoms with Crippen LogP contribution in [-0.2, 0) is 4.79 Å². The molecule has 3 rings (SSSR count). The van der Waals surface area contributed by atoms with Gasteiger partial charge in [0.25, 0.3) is 0 Å². The van der Waals surface area contributed by atoms with E-state index in [9.17, 15) is 4.79 Å². The highest BCUT2D eigenvalue weighted by atomic mass is 35.5. The van der Waals surface area contributed by atoms with Crippen LogP contribution in [0.1, 0.15) is 23.0 Å². The van der Waals surface area contributed by atoms with E-state index in [0.717, 1.165) is 0 Å². The van der Waals surface area contributed by atoms with Crippen LogP contribution in [-0.4, -0.2) is 17.8 Å². The third-order valence-corrected chi connectivity index (χ3v) is 4.08. The number of hydrogen-bond acceptors (Lipinski definition) is 1. The minimum absolute atomic E-state index is 0.0134. The molecule has 0 saturated heterocycles. The van der Waals surface area contributed by atoms with Gasteiger partial charge in [0.05, 0.1) is 0 Å². The van der Waals surface area contributed by atoms with Gasteiger partial charge in [-0.2, -0.15) is 0 Å². The van der Waals surface area contributed by atoms with Gasteiger partial charge in [0.15, 0.2) is 0 Å². The summed E-state index contributed by atoms with van der Waals surface area (Å²) >= 11 is 5.60. The Labute approximate surface area is 123 Å². The van der Waals surface area contributed by atoms with Crippen LogP contribution < -0.4 is 5.32 Å². The van der Waals surface area contributed by atoms with Gasteiger partial charge in [0.2, 0.25) is 5.91 Å². The Hall–Kier alpha value is -1.80. The molecule has 1 unspecified atom stereocenters. The minimum Gasteiger partial charge on any atom is -0.351 e. The van der Waals surface area contributed by atoms with Crippen molar-refractivity contribution in [2.45, 2.75) is 17.9 Å². The smallest absolute Gasteiger partial charge is 0.235 e. The molecular weight excluding hydrogens is 270 g/mol. The van der Waals surface area contributed by atoms with Gasteiger partial charge >= 0.3 is 0 Å². The van der Waals surface area contributed by atoms with E-state index in [1.54, 1.807) is 0 Å². The molecule has 1 amide bonds. The summed E-state index contributed by atoms with van der Waals surface area (Å²) in [5.41, 5.74) is 2.53. The normalized spacial score (nSPS) is 24.1. The molecule has 3 atom stereocenters. The summed E-state index contributed by atoms with van der Waals surface area (Å²) in [4.78, 5) is 11.6. The predicted molar refractivity (Wildman–Crippen MR) is 81.0 cm³/mol. The fourth-order valence-electron chi connectivity index (χ4n) is 2.89. The molecule has 0 aliphatic heterocycles. The Morgan fingerprint density at radius 2 is 1.35 bits per heavy atom. The lowest BCUT2D eigenvalue weighted by atomic mass is 10.0. The minimum atomic E-state index is -0.101. The second kappa shape index (κ2) is 5.68. The summed E-state index contributed by atoms with van der Waals surface area (Å²) < 4.78 is 0. The van der Waals surface area contributed by atoms with Crippen molar-refractivity contribution in [3.8, 4) is 0 Å². The zero-order valence-electron chi connectivity index (χ0n) is 11.0. The van der Waals surface area contributed by atoms with Crippen molar-refractivity contribution >= 4 is 17.5 Å². The van der Waals surface area contributed by atoms with E-state index in [1.807, 2.05) is 36.4 Å². The van der Waals surface area contributed by atoms with E-state index in [4.69, 9.17) is 11.6 Å². The topological polar surface area (TPSA) is 29.1 Å². The van der Waals surface area contributed by atoms with Gasteiger partial charge in [-0.05, 0) is 11.1 Å². The first-order valence-electron chi connectivity index (χ1n) is 6.76. The van der Waals surface area contributed by atoms with Crippen molar-refractivity contribution in [1.29, 1.82) is 0 Å². The second-order valence-electron chi connectivity index (χ2n) is 5.10. The maximum atomic E-state index is 11.6. The zero-order chi connectivity index (χ0) is 13.9. The van der Waals surface area contributed by atoms with Crippen molar-refractivity contribution in [2.75, 3.05) is 5.88 Å². The quantitative estimate of drug-likeness (QED) is 0.858. The Morgan fingerprint density at radius 1 is 0.900 bits per heavy atom. The Kier molecular flexibility index (Phi) is 3.75. The average Bonchev–Trinajstić information content (AvgIpc) is 3.22. The molecule has 0 heterocycles. The Morgan fingerprint density at radius 3 is 1.75 bits per heavy atom. The lowest BCUT2D eigenvalue weighted by Gasteiger charge is -2.01. The van der Waals surface area contributed by atoms with Crippen molar-refractivity contribution in [3.63, 3.8) is 0 Å². The molecule has 1 saturated carbocycles.